The smallest absolute Gasteiger partial charge is 0.331 e. The zero-order valence-corrected chi connectivity index (χ0v) is 13.3. The number of para-hydroxylation sites is 2. The van der Waals surface area contributed by atoms with Crippen LogP contribution in [0.5, 0.6) is 0 Å². The molecule has 0 spiro atoms. The zero-order chi connectivity index (χ0) is 16.2. The molecular formula is C17H11Cl2NO3. The molecule has 6 heteroatoms. The third-order valence-electron chi connectivity index (χ3n) is 3.04. The van der Waals surface area contributed by atoms with E-state index in [0.29, 0.717) is 21.5 Å². The van der Waals surface area contributed by atoms with E-state index in [9.17, 15) is 4.79 Å². The lowest BCUT2D eigenvalue weighted by Crippen LogP contribution is -2.00. The fraction of sp³-hybridized carbons (Fsp3) is 0.0588. The third kappa shape index (κ3) is 3.92. The van der Waals surface area contributed by atoms with Crippen molar-refractivity contribution < 1.29 is 13.9 Å². The molecule has 1 aromatic heterocycles. The predicted molar refractivity (Wildman–Crippen MR) is 89.3 cm³/mol. The maximum atomic E-state index is 11.7. The first-order valence-corrected chi connectivity index (χ1v) is 7.52. The van der Waals surface area contributed by atoms with E-state index in [-0.39, 0.29) is 6.61 Å². The second-order valence-electron chi connectivity index (χ2n) is 4.71. The van der Waals surface area contributed by atoms with Crippen LogP contribution in [0.1, 0.15) is 11.5 Å². The summed E-state index contributed by atoms with van der Waals surface area (Å²) < 4.78 is 10.6. The van der Waals surface area contributed by atoms with Crippen molar-refractivity contribution in [3.8, 4) is 0 Å². The van der Waals surface area contributed by atoms with Crippen LogP contribution in [0, 0.1) is 0 Å². The average molecular weight is 348 g/mol. The molecule has 0 saturated heterocycles. The van der Waals surface area contributed by atoms with Gasteiger partial charge in [0, 0.05) is 12.2 Å². The quantitative estimate of drug-likeness (QED) is 0.498. The number of fused-ring (bicyclic) bond motifs is 1. The molecule has 2 aromatic carbocycles. The van der Waals surface area contributed by atoms with Gasteiger partial charge in [-0.15, -0.1) is 0 Å². The summed E-state index contributed by atoms with van der Waals surface area (Å²) in [6, 6.07) is 12.4. The molecule has 0 aliphatic carbocycles. The molecule has 23 heavy (non-hydrogen) atoms. The van der Waals surface area contributed by atoms with E-state index in [4.69, 9.17) is 32.4 Å². The van der Waals surface area contributed by atoms with Crippen LogP contribution in [-0.4, -0.2) is 11.0 Å². The normalized spacial score (nSPS) is 11.2. The van der Waals surface area contributed by atoms with Gasteiger partial charge in [0.25, 0.3) is 0 Å². The van der Waals surface area contributed by atoms with E-state index in [1.807, 2.05) is 24.3 Å². The zero-order valence-electron chi connectivity index (χ0n) is 11.8. The van der Waals surface area contributed by atoms with Crippen molar-refractivity contribution >= 4 is 46.3 Å². The van der Waals surface area contributed by atoms with Crippen molar-refractivity contribution in [3.63, 3.8) is 0 Å². The summed E-state index contributed by atoms with van der Waals surface area (Å²) in [4.78, 5) is 16.0. The molecule has 0 aliphatic heterocycles. The number of benzene rings is 2. The Morgan fingerprint density at radius 1 is 1.17 bits per heavy atom. The number of halogens is 2. The van der Waals surface area contributed by atoms with Crippen LogP contribution in [-0.2, 0) is 16.1 Å². The first kappa shape index (κ1) is 15.6. The van der Waals surface area contributed by atoms with Gasteiger partial charge in [0.2, 0.25) is 5.89 Å². The Labute approximate surface area is 142 Å². The number of ether oxygens (including phenoxy) is 1. The lowest BCUT2D eigenvalue weighted by molar-refractivity contribution is -0.138. The standard InChI is InChI=1S/C17H11Cl2NO3/c18-12-6-5-11(9-13(12)19)10-22-17(21)8-7-16-20-14-3-1-2-4-15(14)23-16/h1-9H,10H2/b8-7+. The molecule has 1 heterocycles. The van der Waals surface area contributed by atoms with Crippen molar-refractivity contribution in [3.05, 3.63) is 70.0 Å². The maximum Gasteiger partial charge on any atom is 0.331 e. The molecule has 116 valence electrons. The van der Waals surface area contributed by atoms with E-state index >= 15 is 0 Å². The van der Waals surface area contributed by atoms with E-state index in [0.717, 1.165) is 11.1 Å². The highest BCUT2D eigenvalue weighted by atomic mass is 35.5. The van der Waals surface area contributed by atoms with Crippen LogP contribution in [0.4, 0.5) is 0 Å². The number of rotatable bonds is 4. The number of esters is 1. The van der Waals surface area contributed by atoms with Crippen molar-refractivity contribution in [2.75, 3.05) is 0 Å². The molecule has 4 nitrogen and oxygen atoms in total. The van der Waals surface area contributed by atoms with Crippen LogP contribution in [0.25, 0.3) is 17.2 Å². The summed E-state index contributed by atoms with van der Waals surface area (Å²) in [6.07, 6.45) is 2.74. The van der Waals surface area contributed by atoms with E-state index < -0.39 is 5.97 Å². The molecular weight excluding hydrogens is 337 g/mol. The van der Waals surface area contributed by atoms with Gasteiger partial charge >= 0.3 is 5.97 Å². The Morgan fingerprint density at radius 3 is 2.78 bits per heavy atom. The second-order valence-corrected chi connectivity index (χ2v) is 5.52. The van der Waals surface area contributed by atoms with Gasteiger partial charge in [-0.05, 0) is 29.8 Å². The van der Waals surface area contributed by atoms with E-state index in [1.54, 1.807) is 18.2 Å². The summed E-state index contributed by atoms with van der Waals surface area (Å²) in [5.74, 6) is -0.156. The van der Waals surface area contributed by atoms with Gasteiger partial charge in [-0.3, -0.25) is 0 Å². The predicted octanol–water partition coefficient (Wildman–Crippen LogP) is 4.89. The number of carbonyl (C=O) groups excluding carboxylic acids is 1. The van der Waals surface area contributed by atoms with Gasteiger partial charge < -0.3 is 9.15 Å². The summed E-state index contributed by atoms with van der Waals surface area (Å²) in [5, 5.41) is 0.875. The number of hydrogen-bond acceptors (Lipinski definition) is 4. The monoisotopic (exact) mass is 347 g/mol. The van der Waals surface area contributed by atoms with Crippen LogP contribution in [0.15, 0.2) is 53.0 Å². The fourth-order valence-corrected chi connectivity index (χ4v) is 2.25. The molecule has 0 aliphatic rings. The largest absolute Gasteiger partial charge is 0.458 e. The van der Waals surface area contributed by atoms with Gasteiger partial charge in [0.1, 0.15) is 12.1 Å². The number of oxazole rings is 1. The highest BCUT2D eigenvalue weighted by molar-refractivity contribution is 6.42. The van der Waals surface area contributed by atoms with Crippen LogP contribution in [0.2, 0.25) is 10.0 Å². The number of aromatic nitrogens is 1. The van der Waals surface area contributed by atoms with E-state index in [1.165, 1.54) is 12.2 Å². The lowest BCUT2D eigenvalue weighted by Gasteiger charge is -2.03. The summed E-state index contributed by atoms with van der Waals surface area (Å²) in [6.45, 7) is 0.105. The molecule has 0 N–H and O–H groups in total. The van der Waals surface area contributed by atoms with Gasteiger partial charge in [-0.25, -0.2) is 9.78 Å². The van der Waals surface area contributed by atoms with Gasteiger partial charge in [-0.1, -0.05) is 41.4 Å². The molecule has 0 saturated carbocycles. The second kappa shape index (κ2) is 6.86. The summed E-state index contributed by atoms with van der Waals surface area (Å²) in [5.41, 5.74) is 2.15. The van der Waals surface area contributed by atoms with Crippen molar-refractivity contribution in [1.82, 2.24) is 4.98 Å². The Bertz CT molecular complexity index is 853. The highest BCUT2D eigenvalue weighted by Crippen LogP contribution is 2.23. The Kier molecular flexibility index (Phi) is 4.65. The van der Waals surface area contributed by atoms with E-state index in [2.05, 4.69) is 4.98 Å². The topological polar surface area (TPSA) is 52.3 Å². The summed E-state index contributed by atoms with van der Waals surface area (Å²) in [7, 11) is 0. The average Bonchev–Trinajstić information content (AvgIpc) is 2.97. The van der Waals surface area contributed by atoms with Crippen LogP contribution in [0.3, 0.4) is 0 Å². The van der Waals surface area contributed by atoms with Crippen molar-refractivity contribution in [1.29, 1.82) is 0 Å². The minimum absolute atomic E-state index is 0.105. The molecule has 0 amide bonds. The Hall–Kier alpha value is -2.30. The first-order valence-electron chi connectivity index (χ1n) is 6.76. The Morgan fingerprint density at radius 2 is 2.00 bits per heavy atom. The lowest BCUT2D eigenvalue weighted by atomic mass is 10.2. The van der Waals surface area contributed by atoms with Crippen LogP contribution < -0.4 is 0 Å². The SMILES string of the molecule is O=C(/C=C/c1nc2ccccc2o1)OCc1ccc(Cl)c(Cl)c1. The highest BCUT2D eigenvalue weighted by Gasteiger charge is 2.04. The fourth-order valence-electron chi connectivity index (χ4n) is 1.93. The van der Waals surface area contributed by atoms with Crippen molar-refractivity contribution in [2.45, 2.75) is 6.61 Å². The minimum Gasteiger partial charge on any atom is -0.458 e. The van der Waals surface area contributed by atoms with Crippen LogP contribution >= 0.6 is 23.2 Å². The summed E-state index contributed by atoms with van der Waals surface area (Å²) >= 11 is 11.7. The molecule has 0 bridgehead atoms. The van der Waals surface area contributed by atoms with Gasteiger partial charge in [0.05, 0.1) is 10.0 Å². The molecule has 0 fully saturated rings. The number of hydrogen-bond donors (Lipinski definition) is 0. The number of nitrogens with zero attached hydrogens (tertiary/aromatic N) is 1. The number of carbonyl (C=O) groups is 1. The molecule has 0 atom stereocenters. The van der Waals surface area contributed by atoms with Crippen molar-refractivity contribution in [2.24, 2.45) is 0 Å². The van der Waals surface area contributed by atoms with Gasteiger partial charge in [-0.2, -0.15) is 0 Å². The molecule has 3 aromatic rings. The molecule has 0 unspecified atom stereocenters. The third-order valence-corrected chi connectivity index (χ3v) is 3.78. The van der Waals surface area contributed by atoms with Gasteiger partial charge in [0.15, 0.2) is 5.58 Å². The molecule has 3 rings (SSSR count). The first-order chi connectivity index (χ1) is 11.1. The Balaban J connectivity index is 1.61. The molecule has 0 radical (unpaired) electrons. The minimum atomic E-state index is -0.502. The maximum absolute atomic E-state index is 11.7.